The average Bonchev–Trinajstić information content (AvgIpc) is 2.30. The minimum absolute atomic E-state index is 0.102. The Bertz CT molecular complexity index is 466. The molecule has 1 aromatic carbocycles. The van der Waals surface area contributed by atoms with Crippen molar-refractivity contribution in [2.75, 3.05) is 5.32 Å². The average molecular weight is 405 g/mol. The van der Waals surface area contributed by atoms with Gasteiger partial charge in [0.05, 0.1) is 9.30 Å². The molecule has 1 atom stereocenters. The van der Waals surface area contributed by atoms with Crippen LogP contribution in [0.15, 0.2) is 22.7 Å². The third-order valence-electron chi connectivity index (χ3n) is 2.07. The van der Waals surface area contributed by atoms with Crippen LogP contribution in [0.25, 0.3) is 0 Å². The molecule has 1 unspecified atom stereocenters. The monoisotopic (exact) mass is 403 g/mol. The van der Waals surface area contributed by atoms with E-state index in [-0.39, 0.29) is 21.0 Å². The first-order valence-electron chi connectivity index (χ1n) is 5.23. The Morgan fingerprint density at radius 3 is 2.58 bits per heavy atom. The van der Waals surface area contributed by atoms with Gasteiger partial charge in [-0.1, -0.05) is 22.9 Å². The number of nitrogens with one attached hydrogen (secondary N) is 1. The van der Waals surface area contributed by atoms with Gasteiger partial charge in [0.25, 0.3) is 0 Å². The highest BCUT2D eigenvalue weighted by molar-refractivity contribution is 9.10. The molecule has 0 bridgehead atoms. The number of hydrogen-bond acceptors (Lipinski definition) is 2. The summed E-state index contributed by atoms with van der Waals surface area (Å²) in [5.41, 5.74) is 0.379. The number of carbonyl (C=O) groups excluding carboxylic acids is 1. The van der Waals surface area contributed by atoms with E-state index in [1.165, 1.54) is 12.1 Å². The molecule has 0 spiro atoms. The molecule has 0 fully saturated rings. The lowest BCUT2D eigenvalue weighted by molar-refractivity contribution is -0.274. The number of rotatable bonds is 4. The highest BCUT2D eigenvalue weighted by Gasteiger charge is 2.32. The van der Waals surface area contributed by atoms with E-state index >= 15 is 0 Å². The summed E-state index contributed by atoms with van der Waals surface area (Å²) in [4.78, 5) is 11.2. The third-order valence-corrected chi connectivity index (χ3v) is 3.75. The maximum Gasteiger partial charge on any atom is 0.573 e. The summed E-state index contributed by atoms with van der Waals surface area (Å²) < 4.78 is 40.1. The topological polar surface area (TPSA) is 38.3 Å². The molecule has 1 rings (SSSR count). The van der Waals surface area contributed by atoms with Gasteiger partial charge in [-0.3, -0.25) is 4.79 Å². The van der Waals surface area contributed by atoms with Gasteiger partial charge in [-0.05, 0) is 40.5 Å². The molecule has 1 amide bonds. The fourth-order valence-electron chi connectivity index (χ4n) is 1.19. The molecule has 0 aromatic heterocycles. The molecule has 19 heavy (non-hydrogen) atoms. The van der Waals surface area contributed by atoms with Gasteiger partial charge in [-0.15, -0.1) is 13.2 Å². The molecule has 106 valence electrons. The van der Waals surface area contributed by atoms with Gasteiger partial charge in [0.15, 0.2) is 0 Å². The van der Waals surface area contributed by atoms with E-state index in [4.69, 9.17) is 0 Å². The number of amides is 1. The lowest BCUT2D eigenvalue weighted by atomic mass is 10.2. The summed E-state index contributed by atoms with van der Waals surface area (Å²) in [5, 5.41) is 2.57. The molecule has 0 heterocycles. The number of benzene rings is 1. The Balaban J connectivity index is 2.80. The number of anilines is 1. The van der Waals surface area contributed by atoms with E-state index in [9.17, 15) is 18.0 Å². The van der Waals surface area contributed by atoms with Crippen LogP contribution in [0.3, 0.4) is 0 Å². The molecule has 8 heteroatoms. The highest BCUT2D eigenvalue weighted by Crippen LogP contribution is 2.32. The van der Waals surface area contributed by atoms with Crippen LogP contribution >= 0.6 is 31.9 Å². The molecule has 1 aromatic rings. The van der Waals surface area contributed by atoms with Gasteiger partial charge >= 0.3 is 6.36 Å². The fraction of sp³-hybridized carbons (Fsp3) is 0.364. The number of alkyl halides is 4. The quantitative estimate of drug-likeness (QED) is 0.752. The van der Waals surface area contributed by atoms with Crippen molar-refractivity contribution in [2.24, 2.45) is 0 Å². The number of halogens is 5. The van der Waals surface area contributed by atoms with E-state index < -0.39 is 6.36 Å². The van der Waals surface area contributed by atoms with Gasteiger partial charge in [0, 0.05) is 5.69 Å². The predicted molar refractivity (Wildman–Crippen MR) is 72.5 cm³/mol. The Labute approximate surface area is 124 Å². The smallest absolute Gasteiger partial charge is 0.405 e. The summed E-state index contributed by atoms with van der Waals surface area (Å²) in [6.07, 6.45) is -4.15. The minimum Gasteiger partial charge on any atom is -0.405 e. The molecule has 0 radical (unpaired) electrons. The Morgan fingerprint density at radius 2 is 2.11 bits per heavy atom. The fourth-order valence-corrected chi connectivity index (χ4v) is 1.77. The predicted octanol–water partition coefficient (Wildman–Crippen LogP) is 4.46. The lowest BCUT2D eigenvalue weighted by Crippen LogP contribution is -2.22. The van der Waals surface area contributed by atoms with Crippen LogP contribution in [-0.4, -0.2) is 17.1 Å². The lowest BCUT2D eigenvalue weighted by Gasteiger charge is -2.13. The van der Waals surface area contributed by atoms with Crippen molar-refractivity contribution in [1.82, 2.24) is 0 Å². The molecule has 0 saturated carbocycles. The van der Waals surface area contributed by atoms with Crippen molar-refractivity contribution in [1.29, 1.82) is 0 Å². The normalized spacial score (nSPS) is 12.9. The standard InChI is InChI=1S/C11H10Br2F3NO2/c1-2-7(12)10(18)17-6-3-4-9(8(13)5-6)19-11(14,15)16/h3-5,7H,2H2,1H3,(H,17,18). The van der Waals surface area contributed by atoms with Crippen molar-refractivity contribution < 1.29 is 22.7 Å². The number of hydrogen-bond donors (Lipinski definition) is 1. The van der Waals surface area contributed by atoms with E-state index in [0.717, 1.165) is 6.07 Å². The van der Waals surface area contributed by atoms with E-state index in [1.54, 1.807) is 0 Å². The van der Waals surface area contributed by atoms with Crippen molar-refractivity contribution >= 4 is 43.5 Å². The molecular formula is C11H10Br2F3NO2. The number of carbonyl (C=O) groups is 1. The summed E-state index contributed by atoms with van der Waals surface area (Å²) >= 11 is 6.13. The first kappa shape index (κ1) is 16.3. The second-order valence-corrected chi connectivity index (χ2v) is 5.52. The first-order valence-corrected chi connectivity index (χ1v) is 6.94. The Kier molecular flexibility index (Phi) is 5.66. The molecule has 1 N–H and O–H groups in total. The van der Waals surface area contributed by atoms with E-state index in [2.05, 4.69) is 41.9 Å². The van der Waals surface area contributed by atoms with Crippen LogP contribution in [0.5, 0.6) is 5.75 Å². The van der Waals surface area contributed by atoms with Crippen LogP contribution in [0.4, 0.5) is 18.9 Å². The molecule has 0 aliphatic heterocycles. The zero-order chi connectivity index (χ0) is 14.6. The van der Waals surface area contributed by atoms with Gasteiger partial charge in [0.1, 0.15) is 5.75 Å². The maximum atomic E-state index is 12.1. The highest BCUT2D eigenvalue weighted by atomic mass is 79.9. The minimum atomic E-state index is -4.75. The zero-order valence-corrected chi connectivity index (χ0v) is 12.9. The third kappa shape index (κ3) is 5.40. The molecule has 0 aliphatic carbocycles. The van der Waals surface area contributed by atoms with E-state index in [0.29, 0.717) is 12.1 Å². The van der Waals surface area contributed by atoms with Gasteiger partial charge in [-0.25, -0.2) is 0 Å². The van der Waals surface area contributed by atoms with Gasteiger partial charge in [0.2, 0.25) is 5.91 Å². The SMILES string of the molecule is CCC(Br)C(=O)Nc1ccc(OC(F)(F)F)c(Br)c1. The molecule has 0 saturated heterocycles. The summed E-state index contributed by atoms with van der Waals surface area (Å²) in [5.74, 6) is -0.629. The van der Waals surface area contributed by atoms with Crippen LogP contribution in [0, 0.1) is 0 Å². The maximum absolute atomic E-state index is 12.1. The van der Waals surface area contributed by atoms with Crippen molar-refractivity contribution in [2.45, 2.75) is 24.5 Å². The Morgan fingerprint density at radius 1 is 1.47 bits per heavy atom. The van der Waals surface area contributed by atoms with E-state index in [1.807, 2.05) is 6.92 Å². The largest absolute Gasteiger partial charge is 0.573 e. The second-order valence-electron chi connectivity index (χ2n) is 3.56. The summed E-state index contributed by atoms with van der Waals surface area (Å²) in [7, 11) is 0. The van der Waals surface area contributed by atoms with Crippen LogP contribution in [0.1, 0.15) is 13.3 Å². The van der Waals surface area contributed by atoms with Gasteiger partial charge in [-0.2, -0.15) is 0 Å². The van der Waals surface area contributed by atoms with Crippen LogP contribution < -0.4 is 10.1 Å². The molecule has 3 nitrogen and oxygen atoms in total. The summed E-state index contributed by atoms with van der Waals surface area (Å²) in [6, 6.07) is 3.80. The first-order chi connectivity index (χ1) is 8.73. The summed E-state index contributed by atoms with van der Waals surface area (Å²) in [6.45, 7) is 1.83. The van der Waals surface area contributed by atoms with Gasteiger partial charge < -0.3 is 10.1 Å². The Hall–Kier alpha value is -0.760. The molecule has 0 aliphatic rings. The molecular weight excluding hydrogens is 395 g/mol. The van der Waals surface area contributed by atoms with Crippen LogP contribution in [0.2, 0.25) is 0 Å². The van der Waals surface area contributed by atoms with Crippen molar-refractivity contribution in [3.8, 4) is 5.75 Å². The van der Waals surface area contributed by atoms with Crippen molar-refractivity contribution in [3.05, 3.63) is 22.7 Å². The number of ether oxygens (including phenoxy) is 1. The second kappa shape index (κ2) is 6.60. The van der Waals surface area contributed by atoms with Crippen molar-refractivity contribution in [3.63, 3.8) is 0 Å². The van der Waals surface area contributed by atoms with Crippen LogP contribution in [-0.2, 0) is 4.79 Å². The zero-order valence-electron chi connectivity index (χ0n) is 9.72.